The molecule has 1 aliphatic rings. The second-order valence-corrected chi connectivity index (χ2v) is 4.68. The van der Waals surface area contributed by atoms with E-state index in [1.165, 1.54) is 4.90 Å². The molecule has 0 spiro atoms. The Hall–Kier alpha value is 1.41. The van der Waals surface area contributed by atoms with Crippen molar-refractivity contribution in [3.05, 3.63) is 0 Å². The van der Waals surface area contributed by atoms with Crippen LogP contribution < -0.4 is 51.4 Å². The summed E-state index contributed by atoms with van der Waals surface area (Å²) in [6.45, 7) is 0.981. The fourth-order valence-electron chi connectivity index (χ4n) is 1.79. The fourth-order valence-corrected chi connectivity index (χ4v) is 1.79. The number of hydrogen-bond acceptors (Lipinski definition) is 2. The van der Waals surface area contributed by atoms with Crippen LogP contribution in [0.4, 0.5) is 12.9 Å². The molecule has 1 rings (SSSR count). The molecule has 0 aromatic heterocycles. The van der Waals surface area contributed by atoms with Gasteiger partial charge in [-0.2, -0.15) is 0 Å². The largest absolute Gasteiger partial charge is 1.00 e. The molecular formula is C8H17BF3KN2. The van der Waals surface area contributed by atoms with Gasteiger partial charge in [0, 0.05) is 25.2 Å². The van der Waals surface area contributed by atoms with Crippen LogP contribution in [0.15, 0.2) is 0 Å². The third kappa shape index (κ3) is 5.52. The zero-order valence-electron chi connectivity index (χ0n) is 9.93. The Morgan fingerprint density at radius 2 is 1.73 bits per heavy atom. The Morgan fingerprint density at radius 1 is 1.20 bits per heavy atom. The predicted octanol–water partition coefficient (Wildman–Crippen LogP) is -1.60. The Kier molecular flexibility index (Phi) is 6.39. The van der Waals surface area contributed by atoms with Crippen molar-refractivity contribution in [3.8, 4) is 0 Å². The smallest absolute Gasteiger partial charge is 0.448 e. The summed E-state index contributed by atoms with van der Waals surface area (Å²) in [7, 11) is 1.95. The van der Waals surface area contributed by atoms with Gasteiger partial charge < -0.3 is 17.8 Å². The molecule has 7 heteroatoms. The normalized spacial score (nSPS) is 23.6. The van der Waals surface area contributed by atoms with E-state index >= 15 is 0 Å². The molecular weight excluding hydrogens is 231 g/mol. The number of piperazine rings is 1. The van der Waals surface area contributed by atoms with E-state index in [9.17, 15) is 12.9 Å². The van der Waals surface area contributed by atoms with E-state index in [0.29, 0.717) is 19.6 Å². The van der Waals surface area contributed by atoms with Crippen molar-refractivity contribution in [3.63, 3.8) is 0 Å². The summed E-state index contributed by atoms with van der Waals surface area (Å²) in [5.41, 5.74) is -0.153. The van der Waals surface area contributed by atoms with Crippen LogP contribution in [0.5, 0.6) is 0 Å². The van der Waals surface area contributed by atoms with Crippen LogP contribution in [0, 0.1) is 0 Å². The second-order valence-electron chi connectivity index (χ2n) is 4.68. The van der Waals surface area contributed by atoms with Crippen LogP contribution in [0.2, 0.25) is 0 Å². The van der Waals surface area contributed by atoms with Crippen molar-refractivity contribution in [1.29, 1.82) is 0 Å². The average Bonchev–Trinajstić information content (AvgIpc) is 1.93. The fraction of sp³-hybridized carbons (Fsp3) is 1.00. The van der Waals surface area contributed by atoms with Crippen molar-refractivity contribution < 1.29 is 64.3 Å². The molecule has 0 aromatic rings. The summed E-state index contributed by atoms with van der Waals surface area (Å²) >= 11 is 0. The van der Waals surface area contributed by atoms with Crippen LogP contribution in [-0.2, 0) is 0 Å². The summed E-state index contributed by atoms with van der Waals surface area (Å²) in [6, 6.07) is 0. The average molecular weight is 248 g/mol. The van der Waals surface area contributed by atoms with Gasteiger partial charge in [0.1, 0.15) is 0 Å². The number of hydrogen-bond donors (Lipinski definition) is 0. The summed E-state index contributed by atoms with van der Waals surface area (Å²) in [4.78, 5) is 3.60. The van der Waals surface area contributed by atoms with Gasteiger partial charge in [0.15, 0.2) is 0 Å². The molecule has 1 fully saturated rings. The molecule has 2 nitrogen and oxygen atoms in total. The summed E-state index contributed by atoms with van der Waals surface area (Å²) in [5, 5.41) is 0. The quantitative estimate of drug-likeness (QED) is 0.543. The molecule has 1 heterocycles. The minimum absolute atomic E-state index is 0. The molecule has 0 amide bonds. The van der Waals surface area contributed by atoms with Gasteiger partial charge in [0.25, 0.3) is 0 Å². The van der Waals surface area contributed by atoms with Crippen LogP contribution in [0.1, 0.15) is 13.8 Å². The van der Waals surface area contributed by atoms with Crippen molar-refractivity contribution >= 4 is 6.98 Å². The van der Waals surface area contributed by atoms with Gasteiger partial charge in [-0.15, -0.1) is 0 Å². The summed E-state index contributed by atoms with van der Waals surface area (Å²) in [6.07, 6.45) is -0.725. The number of nitrogens with zero attached hydrogens (tertiary/aromatic N) is 2. The van der Waals surface area contributed by atoms with Gasteiger partial charge in [-0.1, -0.05) is 0 Å². The maximum Gasteiger partial charge on any atom is 1.00 e. The van der Waals surface area contributed by atoms with Crippen molar-refractivity contribution in [1.82, 2.24) is 9.80 Å². The molecule has 0 radical (unpaired) electrons. The van der Waals surface area contributed by atoms with E-state index in [4.69, 9.17) is 0 Å². The van der Waals surface area contributed by atoms with E-state index in [1.807, 2.05) is 20.9 Å². The zero-order valence-corrected chi connectivity index (χ0v) is 13.1. The molecule has 1 saturated heterocycles. The van der Waals surface area contributed by atoms with E-state index in [0.717, 1.165) is 0 Å². The van der Waals surface area contributed by atoms with Gasteiger partial charge >= 0.3 is 58.4 Å². The first-order valence-electron chi connectivity index (χ1n) is 4.85. The van der Waals surface area contributed by atoms with Gasteiger partial charge in [-0.3, -0.25) is 4.90 Å². The topological polar surface area (TPSA) is 6.48 Å². The summed E-state index contributed by atoms with van der Waals surface area (Å²) < 4.78 is 36.6. The van der Waals surface area contributed by atoms with Gasteiger partial charge in [-0.05, 0) is 27.3 Å². The molecule has 0 N–H and O–H groups in total. The first-order valence-corrected chi connectivity index (χ1v) is 4.85. The summed E-state index contributed by atoms with van der Waals surface area (Å²) in [5.74, 6) is 0. The monoisotopic (exact) mass is 248 g/mol. The first kappa shape index (κ1) is 16.4. The minimum Gasteiger partial charge on any atom is -0.448 e. The molecule has 15 heavy (non-hydrogen) atoms. The Balaban J connectivity index is 0.00000196. The maximum absolute atomic E-state index is 12.2. The SMILES string of the molecule is CN1CCN(C[B-](F)(F)F)CC1(C)C.[K+]. The van der Waals surface area contributed by atoms with Crippen LogP contribution >= 0.6 is 0 Å². The third-order valence-corrected chi connectivity index (χ3v) is 2.86. The molecule has 84 valence electrons. The van der Waals surface area contributed by atoms with E-state index in [2.05, 4.69) is 4.90 Å². The number of likely N-dealkylation sites (N-methyl/N-ethyl adjacent to an activating group) is 1. The Bertz CT molecular complexity index is 211. The number of halogens is 3. The zero-order chi connectivity index (χ0) is 11.0. The number of rotatable bonds is 2. The molecule has 1 aliphatic heterocycles. The minimum atomic E-state index is -4.68. The standard InChI is InChI=1S/C8H17BF3N2.K/c1-8(2)6-14(5-4-13(8)3)7-9(10,11)12;/h4-7H2,1-3H3;/q-1;+1. The Morgan fingerprint density at radius 3 is 2.13 bits per heavy atom. The molecule has 0 unspecified atom stereocenters. The van der Waals surface area contributed by atoms with Gasteiger partial charge in [0.2, 0.25) is 0 Å². The van der Waals surface area contributed by atoms with Crippen molar-refractivity contribution in [2.24, 2.45) is 0 Å². The second kappa shape index (κ2) is 5.84. The molecule has 0 aliphatic carbocycles. The van der Waals surface area contributed by atoms with Crippen LogP contribution in [0.3, 0.4) is 0 Å². The van der Waals surface area contributed by atoms with Gasteiger partial charge in [-0.25, -0.2) is 0 Å². The molecule has 0 bridgehead atoms. The first-order chi connectivity index (χ1) is 6.21. The maximum atomic E-state index is 12.2. The predicted molar refractivity (Wildman–Crippen MR) is 52.2 cm³/mol. The van der Waals surface area contributed by atoms with Crippen LogP contribution in [0.25, 0.3) is 0 Å². The van der Waals surface area contributed by atoms with E-state index < -0.39 is 13.4 Å². The Labute approximate surface area is 132 Å². The van der Waals surface area contributed by atoms with Crippen molar-refractivity contribution in [2.45, 2.75) is 19.4 Å². The third-order valence-electron chi connectivity index (χ3n) is 2.86. The van der Waals surface area contributed by atoms with E-state index in [1.54, 1.807) is 0 Å². The van der Waals surface area contributed by atoms with Crippen molar-refractivity contribution in [2.75, 3.05) is 33.1 Å². The molecule has 0 saturated carbocycles. The molecule has 0 atom stereocenters. The molecule has 0 aromatic carbocycles. The van der Waals surface area contributed by atoms with E-state index in [-0.39, 0.29) is 56.9 Å². The van der Waals surface area contributed by atoms with Gasteiger partial charge in [0.05, 0.1) is 0 Å². The van der Waals surface area contributed by atoms with Crippen LogP contribution in [-0.4, -0.2) is 55.4 Å².